The smallest absolute Gasteiger partial charge is 0.248 e. The molecule has 3 heterocycles. The first-order valence-electron chi connectivity index (χ1n) is 11.1. The van der Waals surface area contributed by atoms with Gasteiger partial charge in [0.25, 0.3) is 0 Å². The summed E-state index contributed by atoms with van der Waals surface area (Å²) >= 11 is 5.30. The lowest BCUT2D eigenvalue weighted by molar-refractivity contribution is -0.141. The predicted molar refractivity (Wildman–Crippen MR) is 132 cm³/mol. The standard InChI is InChI=1S/C24H26BrN3O4S/c1-12(11-29)28-20(22(31)27-15-8-7-13-5-3-4-6-14(13)9-15)24-10-16(25)19(33-24)17(21(30)26-2)18(24)23(28)32/h3-9,12,16-20,29H,10-11H2,1-2H3,(H,26,30)(H,27,31)/t12-,16?,17-,18+,19-,20?,24?/m1/s1. The average molecular weight is 532 g/mol. The number of thioether (sulfide) groups is 1. The number of amides is 3. The number of benzene rings is 2. The molecular formula is C24H26BrN3O4S. The van der Waals surface area contributed by atoms with Gasteiger partial charge in [0, 0.05) is 22.8 Å². The first-order chi connectivity index (χ1) is 15.8. The van der Waals surface area contributed by atoms with Crippen LogP contribution in [-0.4, -0.2) is 68.3 Å². The number of hydrogen-bond donors (Lipinski definition) is 3. The third-order valence-electron chi connectivity index (χ3n) is 7.28. The summed E-state index contributed by atoms with van der Waals surface area (Å²) in [5.41, 5.74) is 0.651. The second-order valence-corrected chi connectivity index (χ2v) is 11.8. The Morgan fingerprint density at radius 2 is 1.97 bits per heavy atom. The molecule has 9 heteroatoms. The maximum atomic E-state index is 13.8. The number of aliphatic hydroxyl groups is 1. The van der Waals surface area contributed by atoms with E-state index >= 15 is 0 Å². The number of nitrogens with zero attached hydrogens (tertiary/aromatic N) is 1. The molecule has 0 radical (unpaired) electrons. The minimum atomic E-state index is -0.784. The molecule has 3 N–H and O–H groups in total. The van der Waals surface area contributed by atoms with Crippen molar-refractivity contribution in [3.05, 3.63) is 42.5 Å². The van der Waals surface area contributed by atoms with Gasteiger partial charge in [0.05, 0.1) is 29.2 Å². The maximum Gasteiger partial charge on any atom is 0.248 e. The SMILES string of the molecule is CNC(=O)[C@H]1[C@@H]2SC3(CC2Br)C(C(=O)Nc2ccc4ccccc4c2)N([C@H](C)CO)C(=O)[C@H]13. The van der Waals surface area contributed by atoms with Crippen molar-refractivity contribution < 1.29 is 19.5 Å². The van der Waals surface area contributed by atoms with Gasteiger partial charge in [-0.2, -0.15) is 0 Å². The van der Waals surface area contributed by atoms with Gasteiger partial charge in [-0.1, -0.05) is 46.3 Å². The molecular weight excluding hydrogens is 506 g/mol. The number of hydrogen-bond acceptors (Lipinski definition) is 5. The van der Waals surface area contributed by atoms with E-state index in [9.17, 15) is 19.5 Å². The molecule has 0 saturated carbocycles. The van der Waals surface area contributed by atoms with Crippen LogP contribution in [0.2, 0.25) is 0 Å². The molecule has 3 aliphatic heterocycles. The van der Waals surface area contributed by atoms with E-state index in [1.807, 2.05) is 42.5 Å². The summed E-state index contributed by atoms with van der Waals surface area (Å²) in [7, 11) is 1.58. The fraction of sp³-hybridized carbons (Fsp3) is 0.458. The normalized spacial score (nSPS) is 33.3. The summed E-state index contributed by atoms with van der Waals surface area (Å²) < 4.78 is -0.725. The molecule has 3 aliphatic rings. The molecule has 3 unspecified atom stereocenters. The molecule has 0 aliphatic carbocycles. The van der Waals surface area contributed by atoms with Crippen molar-refractivity contribution in [2.24, 2.45) is 11.8 Å². The van der Waals surface area contributed by atoms with Crippen LogP contribution < -0.4 is 10.6 Å². The van der Waals surface area contributed by atoms with E-state index in [4.69, 9.17) is 0 Å². The number of halogens is 1. The summed E-state index contributed by atoms with van der Waals surface area (Å²) in [6, 6.07) is 12.3. The van der Waals surface area contributed by atoms with Gasteiger partial charge in [0.1, 0.15) is 6.04 Å². The zero-order valence-corrected chi connectivity index (χ0v) is 20.7. The van der Waals surface area contributed by atoms with Crippen molar-refractivity contribution in [2.75, 3.05) is 19.0 Å². The van der Waals surface area contributed by atoms with E-state index in [0.717, 1.165) is 10.8 Å². The van der Waals surface area contributed by atoms with E-state index in [0.29, 0.717) is 12.1 Å². The van der Waals surface area contributed by atoms with Crippen LogP contribution in [0.25, 0.3) is 10.8 Å². The number of aliphatic hydroxyl groups excluding tert-OH is 1. The highest BCUT2D eigenvalue weighted by Gasteiger charge is 2.75. The first kappa shape index (κ1) is 22.7. The van der Waals surface area contributed by atoms with Gasteiger partial charge in [-0.15, -0.1) is 11.8 Å². The van der Waals surface area contributed by atoms with Gasteiger partial charge >= 0.3 is 0 Å². The number of alkyl halides is 1. The summed E-state index contributed by atoms with van der Waals surface area (Å²) in [5.74, 6) is -1.80. The fourth-order valence-electron chi connectivity index (χ4n) is 5.87. The van der Waals surface area contributed by atoms with E-state index < -0.39 is 28.7 Å². The molecule has 33 heavy (non-hydrogen) atoms. The fourth-order valence-corrected chi connectivity index (χ4v) is 9.47. The number of fused-ring (bicyclic) bond motifs is 2. The molecule has 2 aromatic rings. The van der Waals surface area contributed by atoms with Gasteiger partial charge in [-0.05, 0) is 36.2 Å². The van der Waals surface area contributed by atoms with E-state index in [1.54, 1.807) is 25.7 Å². The largest absolute Gasteiger partial charge is 0.394 e. The summed E-state index contributed by atoms with van der Waals surface area (Å²) in [6.07, 6.45) is 0.608. The van der Waals surface area contributed by atoms with Crippen molar-refractivity contribution in [1.82, 2.24) is 10.2 Å². The second-order valence-electron chi connectivity index (χ2n) is 9.11. The van der Waals surface area contributed by atoms with Crippen LogP contribution in [0.4, 0.5) is 5.69 Å². The van der Waals surface area contributed by atoms with Crippen LogP contribution in [0.5, 0.6) is 0 Å². The molecule has 3 saturated heterocycles. The Labute approximate surface area is 204 Å². The summed E-state index contributed by atoms with van der Waals surface area (Å²) in [4.78, 5) is 41.8. The number of likely N-dealkylation sites (tertiary alicyclic amines) is 1. The van der Waals surface area contributed by atoms with E-state index in [1.165, 1.54) is 4.90 Å². The molecule has 2 bridgehead atoms. The van der Waals surface area contributed by atoms with E-state index in [-0.39, 0.29) is 34.4 Å². The van der Waals surface area contributed by atoms with Crippen LogP contribution in [0.1, 0.15) is 13.3 Å². The van der Waals surface area contributed by atoms with Crippen molar-refractivity contribution >= 4 is 61.9 Å². The van der Waals surface area contributed by atoms with Crippen LogP contribution in [-0.2, 0) is 14.4 Å². The molecule has 1 spiro atoms. The monoisotopic (exact) mass is 531 g/mol. The lowest BCUT2D eigenvalue weighted by Crippen LogP contribution is -2.54. The Bertz CT molecular complexity index is 1150. The second kappa shape index (κ2) is 8.29. The predicted octanol–water partition coefficient (Wildman–Crippen LogP) is 2.37. The molecule has 2 aromatic carbocycles. The van der Waals surface area contributed by atoms with Crippen molar-refractivity contribution in [3.63, 3.8) is 0 Å². The highest BCUT2D eigenvalue weighted by molar-refractivity contribution is 9.09. The van der Waals surface area contributed by atoms with Crippen LogP contribution >= 0.6 is 27.7 Å². The molecule has 7 atom stereocenters. The van der Waals surface area contributed by atoms with Crippen LogP contribution in [0, 0.1) is 11.8 Å². The minimum Gasteiger partial charge on any atom is -0.394 e. The molecule has 7 nitrogen and oxygen atoms in total. The van der Waals surface area contributed by atoms with Gasteiger partial charge in [0.15, 0.2) is 0 Å². The summed E-state index contributed by atoms with van der Waals surface area (Å²) in [5, 5.41) is 17.6. The third-order valence-corrected chi connectivity index (χ3v) is 10.5. The van der Waals surface area contributed by atoms with E-state index in [2.05, 4.69) is 26.6 Å². The van der Waals surface area contributed by atoms with Crippen molar-refractivity contribution in [2.45, 2.75) is 40.3 Å². The lowest BCUT2D eigenvalue weighted by atomic mass is 9.70. The number of anilines is 1. The Kier molecular flexibility index (Phi) is 5.69. The quantitative estimate of drug-likeness (QED) is 0.514. The molecule has 5 rings (SSSR count). The van der Waals surface area contributed by atoms with Crippen LogP contribution in [0.3, 0.4) is 0 Å². The topological polar surface area (TPSA) is 98.7 Å². The van der Waals surface area contributed by atoms with Crippen molar-refractivity contribution in [3.8, 4) is 0 Å². The number of carbonyl (C=O) groups excluding carboxylic acids is 3. The number of carbonyl (C=O) groups is 3. The van der Waals surface area contributed by atoms with Gasteiger partial charge < -0.3 is 20.6 Å². The van der Waals surface area contributed by atoms with Crippen LogP contribution in [0.15, 0.2) is 42.5 Å². The van der Waals surface area contributed by atoms with Gasteiger partial charge in [-0.3, -0.25) is 14.4 Å². The zero-order chi connectivity index (χ0) is 23.5. The molecule has 0 aromatic heterocycles. The highest BCUT2D eigenvalue weighted by atomic mass is 79.9. The Hall–Kier alpha value is -2.10. The Morgan fingerprint density at radius 1 is 1.24 bits per heavy atom. The van der Waals surface area contributed by atoms with Gasteiger partial charge in [0.2, 0.25) is 17.7 Å². The third kappa shape index (κ3) is 3.31. The number of rotatable bonds is 5. The Balaban J connectivity index is 1.54. The average Bonchev–Trinajstić information content (AvgIpc) is 3.41. The zero-order valence-electron chi connectivity index (χ0n) is 18.3. The van der Waals surface area contributed by atoms with Gasteiger partial charge in [-0.25, -0.2) is 0 Å². The summed E-state index contributed by atoms with van der Waals surface area (Å²) in [6.45, 7) is 1.48. The first-order valence-corrected chi connectivity index (χ1v) is 12.9. The molecule has 3 fully saturated rings. The number of nitrogens with one attached hydrogen (secondary N) is 2. The minimum absolute atomic E-state index is 0.0224. The highest BCUT2D eigenvalue weighted by Crippen LogP contribution is 2.67. The molecule has 3 amide bonds. The van der Waals surface area contributed by atoms with Crippen molar-refractivity contribution in [1.29, 1.82) is 0 Å². The maximum absolute atomic E-state index is 13.8. The lowest BCUT2D eigenvalue weighted by Gasteiger charge is -2.36. The Morgan fingerprint density at radius 3 is 2.67 bits per heavy atom. The molecule has 174 valence electrons.